The van der Waals surface area contributed by atoms with Gasteiger partial charge in [-0.15, -0.1) is 0 Å². The smallest absolute Gasteiger partial charge is 0.223 e. The Bertz CT molecular complexity index is 438. The lowest BCUT2D eigenvalue weighted by Gasteiger charge is -2.57. The number of amides is 1. The third kappa shape index (κ3) is 2.30. The molecule has 0 radical (unpaired) electrons. The van der Waals surface area contributed by atoms with Crippen LogP contribution in [0.5, 0.6) is 0 Å². The van der Waals surface area contributed by atoms with Crippen molar-refractivity contribution in [3.63, 3.8) is 0 Å². The molecule has 0 aromatic carbocycles. The lowest BCUT2D eigenvalue weighted by Crippen LogP contribution is -2.68. The molecule has 3 saturated carbocycles. The van der Waals surface area contributed by atoms with Gasteiger partial charge in [0.25, 0.3) is 0 Å². The Morgan fingerprint density at radius 1 is 1.09 bits per heavy atom. The molecule has 124 valence electrons. The van der Waals surface area contributed by atoms with E-state index in [0.717, 1.165) is 38.7 Å². The van der Waals surface area contributed by atoms with E-state index in [4.69, 9.17) is 4.74 Å². The summed E-state index contributed by atoms with van der Waals surface area (Å²) in [5, 5.41) is 13.9. The highest BCUT2D eigenvalue weighted by atomic mass is 16.5. The van der Waals surface area contributed by atoms with Crippen molar-refractivity contribution in [1.82, 2.24) is 5.32 Å². The molecular weight excluding hydrogens is 278 g/mol. The number of fused-ring (bicyclic) bond motifs is 2. The number of ether oxygens (including phenoxy) is 1. The van der Waals surface area contributed by atoms with Crippen LogP contribution < -0.4 is 5.32 Å². The largest absolute Gasteiger partial charge is 0.389 e. The first-order valence-corrected chi connectivity index (χ1v) is 9.26. The van der Waals surface area contributed by atoms with Gasteiger partial charge >= 0.3 is 0 Å². The van der Waals surface area contributed by atoms with E-state index in [0.29, 0.717) is 18.1 Å². The van der Waals surface area contributed by atoms with Crippen LogP contribution in [0.2, 0.25) is 0 Å². The summed E-state index contributed by atoms with van der Waals surface area (Å²) in [6.45, 7) is 0.855. The summed E-state index contributed by atoms with van der Waals surface area (Å²) in [4.78, 5) is 12.5. The van der Waals surface area contributed by atoms with Crippen molar-refractivity contribution in [2.45, 2.75) is 88.4 Å². The van der Waals surface area contributed by atoms with Crippen molar-refractivity contribution in [3.05, 3.63) is 0 Å². The number of rotatable bonds is 3. The van der Waals surface area contributed by atoms with E-state index in [-0.39, 0.29) is 17.7 Å². The second-order valence-electron chi connectivity index (χ2n) is 8.19. The second kappa shape index (κ2) is 5.48. The highest BCUT2D eigenvalue weighted by molar-refractivity contribution is 5.77. The fourth-order valence-electron chi connectivity index (χ4n) is 5.81. The Morgan fingerprint density at radius 3 is 2.50 bits per heavy atom. The lowest BCUT2D eigenvalue weighted by atomic mass is 9.54. The summed E-state index contributed by atoms with van der Waals surface area (Å²) in [5.41, 5.74) is -0.535. The third-order valence-electron chi connectivity index (χ3n) is 6.88. The minimum Gasteiger partial charge on any atom is -0.389 e. The van der Waals surface area contributed by atoms with Gasteiger partial charge in [0.1, 0.15) is 0 Å². The maximum atomic E-state index is 12.5. The van der Waals surface area contributed by atoms with Crippen molar-refractivity contribution < 1.29 is 14.6 Å². The quantitative estimate of drug-likeness (QED) is 0.842. The first kappa shape index (κ1) is 14.9. The number of carbonyl (C=O) groups excluding carboxylic acids is 1. The zero-order valence-corrected chi connectivity index (χ0v) is 13.5. The molecule has 1 spiro atoms. The third-order valence-corrected chi connectivity index (χ3v) is 6.88. The summed E-state index contributed by atoms with van der Waals surface area (Å²) in [7, 11) is 0. The molecule has 4 nitrogen and oxygen atoms in total. The van der Waals surface area contributed by atoms with Crippen molar-refractivity contribution >= 4 is 5.91 Å². The van der Waals surface area contributed by atoms with Gasteiger partial charge in [0.05, 0.1) is 18.1 Å². The predicted octanol–water partition coefficient (Wildman–Crippen LogP) is 2.54. The second-order valence-corrected chi connectivity index (χ2v) is 8.19. The summed E-state index contributed by atoms with van der Waals surface area (Å²) in [5.74, 6) is 0.578. The molecular formula is C18H29NO3. The summed E-state index contributed by atoms with van der Waals surface area (Å²) in [6.07, 6.45) is 11.6. The van der Waals surface area contributed by atoms with Crippen molar-refractivity contribution in [2.75, 3.05) is 6.61 Å². The van der Waals surface area contributed by atoms with Gasteiger partial charge in [-0.2, -0.15) is 0 Å². The van der Waals surface area contributed by atoms with E-state index in [1.807, 2.05) is 0 Å². The van der Waals surface area contributed by atoms with Crippen LogP contribution in [0.3, 0.4) is 0 Å². The van der Waals surface area contributed by atoms with Gasteiger partial charge in [0.2, 0.25) is 5.91 Å². The highest BCUT2D eigenvalue weighted by Gasteiger charge is 2.65. The fourth-order valence-corrected chi connectivity index (χ4v) is 5.81. The number of carbonyl (C=O) groups is 1. The van der Waals surface area contributed by atoms with E-state index >= 15 is 0 Å². The molecule has 4 rings (SSSR count). The first-order valence-electron chi connectivity index (χ1n) is 9.26. The SMILES string of the molecule is O=C(CC1(O)CCCCC1)NC1C2CCOC2C12CCCC2. The summed E-state index contributed by atoms with van der Waals surface area (Å²) >= 11 is 0. The zero-order valence-electron chi connectivity index (χ0n) is 13.5. The van der Waals surface area contributed by atoms with Crippen LogP contribution in [-0.4, -0.2) is 35.4 Å². The maximum absolute atomic E-state index is 12.5. The average molecular weight is 307 g/mol. The molecule has 4 aliphatic rings. The van der Waals surface area contributed by atoms with Crippen molar-refractivity contribution in [1.29, 1.82) is 0 Å². The number of aliphatic hydroxyl groups is 1. The van der Waals surface area contributed by atoms with E-state index < -0.39 is 5.60 Å². The van der Waals surface area contributed by atoms with Crippen LogP contribution in [0.25, 0.3) is 0 Å². The van der Waals surface area contributed by atoms with Crippen molar-refractivity contribution in [2.24, 2.45) is 11.3 Å². The maximum Gasteiger partial charge on any atom is 0.223 e. The van der Waals surface area contributed by atoms with Gasteiger partial charge in [0.15, 0.2) is 0 Å². The van der Waals surface area contributed by atoms with Crippen LogP contribution in [0, 0.1) is 11.3 Å². The molecule has 3 unspecified atom stereocenters. The van der Waals surface area contributed by atoms with Crippen LogP contribution in [0.15, 0.2) is 0 Å². The summed E-state index contributed by atoms with van der Waals surface area (Å²) in [6, 6.07) is 0.294. The van der Waals surface area contributed by atoms with Gasteiger partial charge in [0, 0.05) is 24.0 Å². The van der Waals surface area contributed by atoms with E-state index in [9.17, 15) is 9.90 Å². The molecule has 4 fully saturated rings. The highest BCUT2D eigenvalue weighted by Crippen LogP contribution is 2.60. The monoisotopic (exact) mass is 307 g/mol. The normalized spacial score (nSPS) is 38.5. The van der Waals surface area contributed by atoms with Crippen molar-refractivity contribution in [3.8, 4) is 0 Å². The molecule has 3 aliphatic carbocycles. The molecule has 4 heteroatoms. The zero-order chi connectivity index (χ0) is 15.2. The molecule has 1 aliphatic heterocycles. The number of hydrogen-bond acceptors (Lipinski definition) is 3. The molecule has 2 N–H and O–H groups in total. The van der Waals surface area contributed by atoms with Gasteiger partial charge in [-0.1, -0.05) is 32.1 Å². The lowest BCUT2D eigenvalue weighted by molar-refractivity contribution is -0.149. The number of nitrogens with one attached hydrogen (secondary N) is 1. The first-order chi connectivity index (χ1) is 10.6. The van der Waals surface area contributed by atoms with E-state index in [1.54, 1.807) is 0 Å². The molecule has 0 bridgehead atoms. The van der Waals surface area contributed by atoms with E-state index in [1.165, 1.54) is 32.1 Å². The summed E-state index contributed by atoms with van der Waals surface area (Å²) < 4.78 is 5.97. The van der Waals surface area contributed by atoms with Crippen LogP contribution in [0.1, 0.15) is 70.6 Å². The predicted molar refractivity (Wildman–Crippen MR) is 83.3 cm³/mol. The average Bonchev–Trinajstić information content (AvgIpc) is 3.14. The Hall–Kier alpha value is -0.610. The van der Waals surface area contributed by atoms with Crippen LogP contribution >= 0.6 is 0 Å². The van der Waals surface area contributed by atoms with Gasteiger partial charge in [-0.25, -0.2) is 0 Å². The minimum atomic E-state index is -0.750. The van der Waals surface area contributed by atoms with Crippen LogP contribution in [0.4, 0.5) is 0 Å². The van der Waals surface area contributed by atoms with Gasteiger partial charge < -0.3 is 15.2 Å². The van der Waals surface area contributed by atoms with E-state index in [2.05, 4.69) is 5.32 Å². The molecule has 1 heterocycles. The van der Waals surface area contributed by atoms with Gasteiger partial charge in [-0.05, 0) is 32.1 Å². The Balaban J connectivity index is 1.40. The Kier molecular flexibility index (Phi) is 3.73. The molecule has 1 amide bonds. The topological polar surface area (TPSA) is 58.6 Å². The fraction of sp³-hybridized carbons (Fsp3) is 0.944. The molecule has 3 atom stereocenters. The van der Waals surface area contributed by atoms with Gasteiger partial charge in [-0.3, -0.25) is 4.79 Å². The Labute approximate surface area is 133 Å². The Morgan fingerprint density at radius 2 is 1.77 bits per heavy atom. The van der Waals surface area contributed by atoms with Crippen LogP contribution in [-0.2, 0) is 9.53 Å². The molecule has 22 heavy (non-hydrogen) atoms. The molecule has 1 saturated heterocycles. The minimum absolute atomic E-state index is 0.0611. The molecule has 0 aromatic heterocycles. The molecule has 0 aromatic rings. The standard InChI is InChI=1S/C18H29NO3/c20-14(12-17(21)7-2-1-3-8-17)19-15-13-6-11-22-16(13)18(15)9-4-5-10-18/h13,15-16,21H,1-12H2,(H,19,20). The number of hydrogen-bond donors (Lipinski definition) is 2.